The van der Waals surface area contributed by atoms with Gasteiger partial charge in [0.05, 0.1) is 30.6 Å². The maximum Gasteiger partial charge on any atom is 0.293 e. The van der Waals surface area contributed by atoms with Crippen molar-refractivity contribution in [2.75, 3.05) is 37.9 Å². The molecule has 0 bridgehead atoms. The predicted molar refractivity (Wildman–Crippen MR) is 151 cm³/mol. The lowest BCUT2D eigenvalue weighted by atomic mass is 9.89. The highest BCUT2D eigenvalue weighted by atomic mass is 32.2. The second-order valence-electron chi connectivity index (χ2n) is 9.51. The van der Waals surface area contributed by atoms with Crippen molar-refractivity contribution in [3.63, 3.8) is 0 Å². The Labute approximate surface area is 232 Å². The Morgan fingerprint density at radius 3 is 2.54 bits per heavy atom. The number of nitro groups is 1. The topological polar surface area (TPSA) is 127 Å². The van der Waals surface area contributed by atoms with E-state index in [-0.39, 0.29) is 34.3 Å². The Balaban J connectivity index is 1.71. The SMILES string of the molecule is COc1ccc(CN(c2nccs2)S(=O)(=O)c2ccc(N[C@H]3CCCC[C@@H]3N(C)C)c([N+](=O)[O-])c2)c(OC)c1. The molecule has 0 radical (unpaired) electrons. The summed E-state index contributed by atoms with van der Waals surface area (Å²) in [7, 11) is 2.78. The Kier molecular flexibility index (Phi) is 8.93. The van der Waals surface area contributed by atoms with E-state index >= 15 is 0 Å². The van der Waals surface area contributed by atoms with Crippen LogP contribution in [0.15, 0.2) is 52.9 Å². The smallest absolute Gasteiger partial charge is 0.293 e. The zero-order chi connectivity index (χ0) is 28.2. The van der Waals surface area contributed by atoms with Crippen LogP contribution in [0.1, 0.15) is 31.2 Å². The number of nitrogens with zero attached hydrogens (tertiary/aromatic N) is 4. The van der Waals surface area contributed by atoms with E-state index in [0.29, 0.717) is 22.7 Å². The molecular weight excluding hydrogens is 542 g/mol. The molecular formula is C26H33N5O6S2. The van der Waals surface area contributed by atoms with Crippen LogP contribution < -0.4 is 19.1 Å². The number of nitro benzene ring substituents is 1. The fraction of sp³-hybridized carbons (Fsp3) is 0.423. The van der Waals surface area contributed by atoms with Gasteiger partial charge in [-0.05, 0) is 51.2 Å². The number of rotatable bonds is 11. The Hall–Kier alpha value is -3.42. The van der Waals surface area contributed by atoms with Crippen molar-refractivity contribution in [3.8, 4) is 11.5 Å². The van der Waals surface area contributed by atoms with Gasteiger partial charge in [-0.15, -0.1) is 11.3 Å². The van der Waals surface area contributed by atoms with Gasteiger partial charge in [0.25, 0.3) is 15.7 Å². The quantitative estimate of drug-likeness (QED) is 0.255. The third-order valence-electron chi connectivity index (χ3n) is 6.93. The van der Waals surface area contributed by atoms with Gasteiger partial charge in [-0.3, -0.25) is 10.1 Å². The molecule has 1 aromatic heterocycles. The van der Waals surface area contributed by atoms with Crippen LogP contribution >= 0.6 is 11.3 Å². The molecule has 1 aliphatic carbocycles. The van der Waals surface area contributed by atoms with Gasteiger partial charge in [0, 0.05) is 41.4 Å². The molecule has 13 heteroatoms. The number of ether oxygens (including phenoxy) is 2. The highest BCUT2D eigenvalue weighted by Gasteiger charge is 2.32. The first-order valence-electron chi connectivity index (χ1n) is 12.5. The minimum Gasteiger partial charge on any atom is -0.497 e. The molecule has 4 rings (SSSR count). The van der Waals surface area contributed by atoms with E-state index < -0.39 is 14.9 Å². The summed E-state index contributed by atoms with van der Waals surface area (Å²) in [5.74, 6) is 1.01. The average molecular weight is 576 g/mol. The Morgan fingerprint density at radius 2 is 1.90 bits per heavy atom. The second kappa shape index (κ2) is 12.2. The number of hydrogen-bond acceptors (Lipinski definition) is 10. The van der Waals surface area contributed by atoms with E-state index in [1.54, 1.807) is 23.6 Å². The summed E-state index contributed by atoms with van der Waals surface area (Å²) in [6.45, 7) is -0.0938. The molecule has 3 aromatic rings. The van der Waals surface area contributed by atoms with E-state index in [4.69, 9.17) is 9.47 Å². The predicted octanol–water partition coefficient (Wildman–Crippen LogP) is 4.75. The van der Waals surface area contributed by atoms with Crippen molar-refractivity contribution in [3.05, 3.63) is 63.7 Å². The van der Waals surface area contributed by atoms with Crippen molar-refractivity contribution in [1.29, 1.82) is 0 Å². The number of aromatic nitrogens is 1. The third-order valence-corrected chi connectivity index (χ3v) is 9.57. The van der Waals surface area contributed by atoms with Gasteiger partial charge in [0.15, 0.2) is 5.13 Å². The van der Waals surface area contributed by atoms with E-state index in [1.807, 2.05) is 14.1 Å². The molecule has 39 heavy (non-hydrogen) atoms. The largest absolute Gasteiger partial charge is 0.497 e. The Morgan fingerprint density at radius 1 is 1.13 bits per heavy atom. The normalized spacial score (nSPS) is 17.6. The maximum atomic E-state index is 14.0. The molecule has 2 atom stereocenters. The van der Waals surface area contributed by atoms with Gasteiger partial charge in [0.2, 0.25) is 0 Å². The van der Waals surface area contributed by atoms with Crippen molar-refractivity contribution >= 4 is 37.9 Å². The van der Waals surface area contributed by atoms with Crippen LogP contribution in [-0.2, 0) is 16.6 Å². The molecule has 0 saturated heterocycles. The molecule has 1 saturated carbocycles. The van der Waals surface area contributed by atoms with E-state index in [2.05, 4.69) is 15.2 Å². The second-order valence-corrected chi connectivity index (χ2v) is 12.2. The fourth-order valence-electron chi connectivity index (χ4n) is 4.90. The number of sulfonamides is 1. The summed E-state index contributed by atoms with van der Waals surface area (Å²) in [6, 6.07) is 9.35. The first-order chi connectivity index (χ1) is 18.6. The van der Waals surface area contributed by atoms with Crippen molar-refractivity contribution in [1.82, 2.24) is 9.88 Å². The van der Waals surface area contributed by atoms with Gasteiger partial charge in [0.1, 0.15) is 17.2 Å². The highest BCUT2D eigenvalue weighted by molar-refractivity contribution is 7.93. The van der Waals surface area contributed by atoms with E-state index in [0.717, 1.165) is 47.4 Å². The zero-order valence-electron chi connectivity index (χ0n) is 22.4. The number of hydrogen-bond donors (Lipinski definition) is 1. The molecule has 1 N–H and O–H groups in total. The highest BCUT2D eigenvalue weighted by Crippen LogP contribution is 2.36. The van der Waals surface area contributed by atoms with Crippen LogP contribution in [0.5, 0.6) is 11.5 Å². The maximum absolute atomic E-state index is 14.0. The summed E-state index contributed by atoms with van der Waals surface area (Å²) >= 11 is 1.15. The lowest BCUT2D eigenvalue weighted by Crippen LogP contribution is -2.45. The van der Waals surface area contributed by atoms with Gasteiger partial charge in [-0.2, -0.15) is 0 Å². The minimum atomic E-state index is -4.24. The van der Waals surface area contributed by atoms with E-state index in [9.17, 15) is 18.5 Å². The van der Waals surface area contributed by atoms with Gasteiger partial charge in [-0.1, -0.05) is 12.8 Å². The third kappa shape index (κ3) is 6.26. The molecule has 2 aromatic carbocycles. The molecule has 0 amide bonds. The standard InChI is InChI=1S/C26H33N5O6S2/c1-29(2)23-8-6-5-7-21(23)28-22-12-11-20(16-24(22)31(32)33)39(34,35)30(26-27-13-14-38-26)17-18-9-10-19(36-3)15-25(18)37-4/h9-16,21,23,28H,5-8,17H2,1-4H3/t21-,23-/m0/s1. The summed E-state index contributed by atoms with van der Waals surface area (Å²) in [6.07, 6.45) is 5.50. The van der Waals surface area contributed by atoms with Crippen LogP contribution in [0.3, 0.4) is 0 Å². The number of methoxy groups -OCH3 is 2. The van der Waals surface area contributed by atoms with Gasteiger partial charge in [-0.25, -0.2) is 17.7 Å². The molecule has 11 nitrogen and oxygen atoms in total. The lowest BCUT2D eigenvalue weighted by Gasteiger charge is -2.37. The number of benzene rings is 2. The molecule has 0 unspecified atom stereocenters. The molecule has 1 heterocycles. The molecule has 0 aliphatic heterocycles. The van der Waals surface area contributed by atoms with E-state index in [1.165, 1.54) is 32.5 Å². The van der Waals surface area contributed by atoms with Crippen LogP contribution in [-0.4, -0.2) is 63.6 Å². The number of anilines is 2. The summed E-state index contributed by atoms with van der Waals surface area (Å²) in [5.41, 5.74) is 0.590. The Bertz CT molecular complexity index is 1400. The number of nitrogens with one attached hydrogen (secondary N) is 1. The molecule has 0 spiro atoms. The molecule has 1 aliphatic rings. The van der Waals surface area contributed by atoms with Gasteiger partial charge < -0.3 is 19.7 Å². The number of thiazole rings is 1. The molecule has 1 fully saturated rings. The first kappa shape index (κ1) is 28.6. The van der Waals surface area contributed by atoms with Crippen LogP contribution in [0.25, 0.3) is 0 Å². The van der Waals surface area contributed by atoms with Crippen molar-refractivity contribution < 1.29 is 22.8 Å². The number of likely N-dealkylation sites (N-methyl/N-ethyl adjacent to an activating group) is 1. The summed E-state index contributed by atoms with van der Waals surface area (Å²) in [4.78, 5) is 17.7. The monoisotopic (exact) mass is 575 g/mol. The van der Waals surface area contributed by atoms with Crippen LogP contribution in [0, 0.1) is 10.1 Å². The van der Waals surface area contributed by atoms with Crippen molar-refractivity contribution in [2.24, 2.45) is 0 Å². The fourth-order valence-corrected chi connectivity index (χ4v) is 7.19. The molecule has 210 valence electrons. The zero-order valence-corrected chi connectivity index (χ0v) is 24.0. The van der Waals surface area contributed by atoms with Gasteiger partial charge >= 0.3 is 0 Å². The van der Waals surface area contributed by atoms with Crippen molar-refractivity contribution in [2.45, 2.75) is 49.2 Å². The minimum absolute atomic E-state index is 0.0178. The lowest BCUT2D eigenvalue weighted by molar-refractivity contribution is -0.384. The van der Waals surface area contributed by atoms with Crippen LogP contribution in [0.2, 0.25) is 0 Å². The average Bonchev–Trinajstić information content (AvgIpc) is 3.46. The summed E-state index contributed by atoms with van der Waals surface area (Å²) < 4.78 is 39.8. The first-order valence-corrected chi connectivity index (χ1v) is 14.8. The summed E-state index contributed by atoms with van der Waals surface area (Å²) in [5, 5.41) is 17.3. The van der Waals surface area contributed by atoms with Crippen LogP contribution in [0.4, 0.5) is 16.5 Å².